The minimum atomic E-state index is -0.678. The zero-order valence-electron chi connectivity index (χ0n) is 15.9. The molecule has 138 valence electrons. The van der Waals surface area contributed by atoms with Crippen molar-refractivity contribution in [3.05, 3.63) is 35.4 Å². The van der Waals surface area contributed by atoms with Crippen LogP contribution in [-0.4, -0.2) is 28.4 Å². The van der Waals surface area contributed by atoms with Gasteiger partial charge in [-0.1, -0.05) is 24.3 Å². The second kappa shape index (κ2) is 6.94. The van der Waals surface area contributed by atoms with Gasteiger partial charge in [-0.3, -0.25) is 0 Å². The lowest BCUT2D eigenvalue weighted by Crippen LogP contribution is -2.50. The summed E-state index contributed by atoms with van der Waals surface area (Å²) < 4.78 is 10.8. The Hall–Kier alpha value is -2.24. The van der Waals surface area contributed by atoms with Crippen molar-refractivity contribution in [3.63, 3.8) is 0 Å². The quantitative estimate of drug-likeness (QED) is 0.766. The molecule has 0 saturated carbocycles. The first kappa shape index (κ1) is 19.1. The summed E-state index contributed by atoms with van der Waals surface area (Å²) in [6.07, 6.45) is 0.285. The highest BCUT2D eigenvalue weighted by Gasteiger charge is 2.35. The van der Waals surface area contributed by atoms with Crippen LogP contribution in [0.5, 0.6) is 0 Å². The van der Waals surface area contributed by atoms with Crippen molar-refractivity contribution in [2.24, 2.45) is 0 Å². The van der Waals surface area contributed by atoms with Crippen LogP contribution in [0.15, 0.2) is 24.3 Å². The molecule has 2 amide bonds. The van der Waals surface area contributed by atoms with E-state index in [1.165, 1.54) is 10.6 Å². The molecular formula is C19H28N2O4. The number of aryl methyl sites for hydroxylation is 1. The predicted octanol–water partition coefficient (Wildman–Crippen LogP) is 4.35. The van der Waals surface area contributed by atoms with E-state index in [1.807, 2.05) is 24.3 Å². The Morgan fingerprint density at radius 3 is 2.24 bits per heavy atom. The van der Waals surface area contributed by atoms with Gasteiger partial charge < -0.3 is 9.47 Å². The number of benzene rings is 1. The molecule has 0 aromatic heterocycles. The first-order chi connectivity index (χ1) is 11.5. The number of hydrogen-bond acceptors (Lipinski definition) is 4. The van der Waals surface area contributed by atoms with Crippen LogP contribution >= 0.6 is 0 Å². The lowest BCUT2D eigenvalue weighted by atomic mass is 10.1. The van der Waals surface area contributed by atoms with Crippen LogP contribution in [0, 0.1) is 0 Å². The molecule has 1 N–H and O–H groups in total. The highest BCUT2D eigenvalue weighted by Crippen LogP contribution is 2.35. The number of rotatable bonds is 1. The average molecular weight is 348 g/mol. The van der Waals surface area contributed by atoms with Crippen molar-refractivity contribution in [3.8, 4) is 0 Å². The van der Waals surface area contributed by atoms with Crippen molar-refractivity contribution in [2.45, 2.75) is 71.6 Å². The van der Waals surface area contributed by atoms with Crippen molar-refractivity contribution in [2.75, 3.05) is 0 Å². The predicted molar refractivity (Wildman–Crippen MR) is 94.9 cm³/mol. The van der Waals surface area contributed by atoms with Crippen LogP contribution in [0.4, 0.5) is 9.59 Å². The molecule has 1 aromatic rings. The lowest BCUT2D eigenvalue weighted by molar-refractivity contribution is -0.00982. The standard InChI is InChI=1S/C19H28N2O4/c1-18(2,3)24-16(22)20-21(17(23)25-19(4,5)6)15-12-11-13-9-7-8-10-14(13)15/h7-10,15H,11-12H2,1-6H3,(H,20,22). The van der Waals surface area contributed by atoms with Gasteiger partial charge in [0.15, 0.2) is 0 Å². The molecule has 0 aliphatic heterocycles. The number of nitrogens with zero attached hydrogens (tertiary/aromatic N) is 1. The van der Waals surface area contributed by atoms with Gasteiger partial charge in [-0.05, 0) is 65.5 Å². The second-order valence-corrected chi connectivity index (χ2v) is 8.22. The SMILES string of the molecule is CC(C)(C)OC(=O)NN(C(=O)OC(C)(C)C)C1CCc2ccccc21. The average Bonchev–Trinajstić information content (AvgIpc) is 2.84. The van der Waals surface area contributed by atoms with E-state index in [0.717, 1.165) is 12.0 Å². The number of amides is 2. The molecule has 25 heavy (non-hydrogen) atoms. The summed E-state index contributed by atoms with van der Waals surface area (Å²) in [5.74, 6) is 0. The largest absolute Gasteiger partial charge is 0.443 e. The van der Waals surface area contributed by atoms with E-state index in [1.54, 1.807) is 41.5 Å². The molecule has 0 bridgehead atoms. The third kappa shape index (κ3) is 5.37. The van der Waals surface area contributed by atoms with Gasteiger partial charge in [0.25, 0.3) is 0 Å². The van der Waals surface area contributed by atoms with E-state index in [0.29, 0.717) is 6.42 Å². The van der Waals surface area contributed by atoms with Crippen LogP contribution < -0.4 is 5.43 Å². The maximum atomic E-state index is 12.7. The Morgan fingerprint density at radius 1 is 1.04 bits per heavy atom. The molecule has 1 unspecified atom stereocenters. The van der Waals surface area contributed by atoms with Crippen LogP contribution in [0.3, 0.4) is 0 Å². The van der Waals surface area contributed by atoms with E-state index >= 15 is 0 Å². The highest BCUT2D eigenvalue weighted by molar-refractivity contribution is 5.75. The molecule has 0 saturated heterocycles. The summed E-state index contributed by atoms with van der Waals surface area (Å²) in [6, 6.07) is 7.63. The Balaban J connectivity index is 2.24. The number of hydrogen-bond donors (Lipinski definition) is 1. The molecule has 6 nitrogen and oxygen atoms in total. The summed E-state index contributed by atoms with van der Waals surface area (Å²) in [5.41, 5.74) is 3.45. The number of carbonyl (C=O) groups excluding carboxylic acids is 2. The van der Waals surface area contributed by atoms with E-state index in [9.17, 15) is 9.59 Å². The van der Waals surface area contributed by atoms with Gasteiger partial charge in [0, 0.05) is 0 Å². The van der Waals surface area contributed by atoms with Crippen LogP contribution in [0.1, 0.15) is 65.1 Å². The van der Waals surface area contributed by atoms with Crippen molar-refractivity contribution in [1.82, 2.24) is 10.4 Å². The molecular weight excluding hydrogens is 320 g/mol. The Labute approximate surface area is 149 Å². The van der Waals surface area contributed by atoms with E-state index < -0.39 is 23.4 Å². The normalized spacial score (nSPS) is 16.8. The molecule has 1 atom stereocenters. The molecule has 0 heterocycles. The van der Waals surface area contributed by atoms with Crippen molar-refractivity contribution >= 4 is 12.2 Å². The number of hydrazine groups is 1. The lowest BCUT2D eigenvalue weighted by Gasteiger charge is -2.32. The zero-order chi connectivity index (χ0) is 18.8. The second-order valence-electron chi connectivity index (χ2n) is 8.22. The summed E-state index contributed by atoms with van der Waals surface area (Å²) >= 11 is 0. The first-order valence-corrected chi connectivity index (χ1v) is 8.56. The fourth-order valence-corrected chi connectivity index (χ4v) is 2.76. The van der Waals surface area contributed by atoms with Gasteiger partial charge in [-0.2, -0.15) is 0 Å². The minimum absolute atomic E-state index is 0.279. The molecule has 0 spiro atoms. The molecule has 1 aliphatic carbocycles. The number of nitrogens with one attached hydrogen (secondary N) is 1. The smallest absolute Gasteiger partial charge is 0.429 e. The maximum Gasteiger partial charge on any atom is 0.429 e. The van der Waals surface area contributed by atoms with E-state index in [4.69, 9.17) is 9.47 Å². The van der Waals surface area contributed by atoms with Crippen molar-refractivity contribution in [1.29, 1.82) is 0 Å². The Kier molecular flexibility index (Phi) is 5.30. The summed E-state index contributed by atoms with van der Waals surface area (Å²) in [4.78, 5) is 24.9. The maximum absolute atomic E-state index is 12.7. The fraction of sp³-hybridized carbons (Fsp3) is 0.579. The highest BCUT2D eigenvalue weighted by atomic mass is 16.6. The van der Waals surface area contributed by atoms with Gasteiger partial charge in [-0.15, -0.1) is 0 Å². The Morgan fingerprint density at radius 2 is 1.64 bits per heavy atom. The molecule has 1 aromatic carbocycles. The van der Waals surface area contributed by atoms with E-state index in [-0.39, 0.29) is 6.04 Å². The molecule has 0 fully saturated rings. The molecule has 0 radical (unpaired) electrons. The fourth-order valence-electron chi connectivity index (χ4n) is 2.76. The summed E-state index contributed by atoms with van der Waals surface area (Å²) in [7, 11) is 0. The molecule has 2 rings (SSSR count). The van der Waals surface area contributed by atoms with Crippen LogP contribution in [0.2, 0.25) is 0 Å². The summed E-state index contributed by atoms with van der Waals surface area (Å²) in [5, 5.41) is 1.26. The third-order valence-electron chi connectivity index (χ3n) is 3.61. The number of carbonyl (C=O) groups is 2. The van der Waals surface area contributed by atoms with Gasteiger partial charge >= 0.3 is 12.2 Å². The van der Waals surface area contributed by atoms with Crippen LogP contribution in [-0.2, 0) is 15.9 Å². The third-order valence-corrected chi connectivity index (χ3v) is 3.61. The topological polar surface area (TPSA) is 67.9 Å². The van der Waals surface area contributed by atoms with E-state index in [2.05, 4.69) is 5.43 Å². The van der Waals surface area contributed by atoms with Gasteiger partial charge in [0.05, 0.1) is 6.04 Å². The van der Waals surface area contributed by atoms with Gasteiger partial charge in [0.2, 0.25) is 0 Å². The van der Waals surface area contributed by atoms with Gasteiger partial charge in [0.1, 0.15) is 11.2 Å². The van der Waals surface area contributed by atoms with Crippen molar-refractivity contribution < 1.29 is 19.1 Å². The minimum Gasteiger partial charge on any atom is -0.443 e. The molecule has 6 heteroatoms. The zero-order valence-corrected chi connectivity index (χ0v) is 15.9. The Bertz CT molecular complexity index is 644. The number of fused-ring (bicyclic) bond motifs is 1. The van der Waals surface area contributed by atoms with Crippen LogP contribution in [0.25, 0.3) is 0 Å². The number of ether oxygens (including phenoxy) is 2. The molecule has 1 aliphatic rings. The summed E-state index contributed by atoms with van der Waals surface area (Å²) in [6.45, 7) is 10.7. The monoisotopic (exact) mass is 348 g/mol. The van der Waals surface area contributed by atoms with Gasteiger partial charge in [-0.25, -0.2) is 20.0 Å². The first-order valence-electron chi connectivity index (χ1n) is 8.56.